The van der Waals surface area contributed by atoms with Gasteiger partial charge in [0.2, 0.25) is 0 Å². The zero-order chi connectivity index (χ0) is 11.8. The molecule has 0 radical (unpaired) electrons. The lowest BCUT2D eigenvalue weighted by atomic mass is 9.71. The van der Waals surface area contributed by atoms with Gasteiger partial charge in [0.05, 0.1) is 6.04 Å². The Labute approximate surface area is 102 Å². The molecular formula is C13H20N2O2. The number of hydrogen-bond donors (Lipinski definition) is 0. The second-order valence-corrected chi connectivity index (χ2v) is 5.67. The Balaban J connectivity index is 1.69. The molecule has 0 aromatic carbocycles. The van der Waals surface area contributed by atoms with Gasteiger partial charge in [0.1, 0.15) is 12.1 Å². The van der Waals surface area contributed by atoms with Crippen molar-refractivity contribution in [1.29, 1.82) is 0 Å². The summed E-state index contributed by atoms with van der Waals surface area (Å²) in [5.41, 5.74) is 0. The first kappa shape index (κ1) is 11.4. The van der Waals surface area contributed by atoms with Crippen molar-refractivity contribution in [3.05, 3.63) is 0 Å². The van der Waals surface area contributed by atoms with Crippen molar-refractivity contribution < 1.29 is 9.59 Å². The third-order valence-electron chi connectivity index (χ3n) is 4.57. The lowest BCUT2D eigenvalue weighted by molar-refractivity contribution is -0.137. The fourth-order valence-corrected chi connectivity index (χ4v) is 3.48. The van der Waals surface area contributed by atoms with E-state index in [0.717, 1.165) is 51.6 Å². The van der Waals surface area contributed by atoms with Gasteiger partial charge in [-0.05, 0) is 31.6 Å². The van der Waals surface area contributed by atoms with Gasteiger partial charge in [-0.2, -0.15) is 0 Å². The molecule has 4 aliphatic rings. The summed E-state index contributed by atoms with van der Waals surface area (Å²) in [6.07, 6.45) is 5.96. The number of aldehydes is 1. The van der Waals surface area contributed by atoms with E-state index in [9.17, 15) is 9.59 Å². The first-order valence-corrected chi connectivity index (χ1v) is 6.77. The molecule has 4 heteroatoms. The molecule has 3 aliphatic heterocycles. The summed E-state index contributed by atoms with van der Waals surface area (Å²) < 4.78 is 0. The van der Waals surface area contributed by atoms with Gasteiger partial charge in [-0.15, -0.1) is 0 Å². The average molecular weight is 236 g/mol. The number of hydrazine groups is 1. The van der Waals surface area contributed by atoms with Gasteiger partial charge < -0.3 is 4.79 Å². The molecule has 0 N–H and O–H groups in total. The number of carbonyl (C=O) groups excluding carboxylic acids is 2. The van der Waals surface area contributed by atoms with Crippen LogP contribution in [-0.2, 0) is 9.59 Å². The van der Waals surface area contributed by atoms with Crippen molar-refractivity contribution in [3.8, 4) is 0 Å². The molecule has 0 amide bonds. The average Bonchev–Trinajstić information content (AvgIpc) is 2.70. The Morgan fingerprint density at radius 3 is 2.82 bits per heavy atom. The SMILES string of the molecule is O=C[C@@H]1CCCN1N1CCC(=O)C2CC(C2)C1. The van der Waals surface area contributed by atoms with Crippen LogP contribution in [0.15, 0.2) is 0 Å². The standard InChI is InChI=1S/C13H20N2O2/c16-9-12-2-1-4-15(12)14-5-3-13(17)11-6-10(7-11)8-14/h9-12H,1-8H2/t10?,11?,12-/m0/s1. The van der Waals surface area contributed by atoms with Crippen LogP contribution in [0.4, 0.5) is 0 Å². The van der Waals surface area contributed by atoms with Crippen LogP contribution in [0.3, 0.4) is 0 Å². The predicted octanol–water partition coefficient (Wildman–Crippen LogP) is 0.866. The van der Waals surface area contributed by atoms with Crippen LogP contribution in [0.1, 0.15) is 32.1 Å². The molecule has 3 heterocycles. The maximum absolute atomic E-state index is 11.8. The van der Waals surface area contributed by atoms with Crippen LogP contribution in [0, 0.1) is 11.8 Å². The maximum Gasteiger partial charge on any atom is 0.138 e. The van der Waals surface area contributed by atoms with E-state index < -0.39 is 0 Å². The molecule has 1 aliphatic carbocycles. The summed E-state index contributed by atoms with van der Waals surface area (Å²) in [4.78, 5) is 22.8. The van der Waals surface area contributed by atoms with E-state index in [1.807, 2.05) is 0 Å². The summed E-state index contributed by atoms with van der Waals surface area (Å²) >= 11 is 0. The summed E-state index contributed by atoms with van der Waals surface area (Å²) in [6, 6.07) is 0.0559. The molecule has 17 heavy (non-hydrogen) atoms. The van der Waals surface area contributed by atoms with E-state index in [1.165, 1.54) is 0 Å². The zero-order valence-corrected chi connectivity index (χ0v) is 10.2. The third kappa shape index (κ3) is 2.04. The number of fused-ring (bicyclic) bond motifs is 4. The molecule has 4 nitrogen and oxygen atoms in total. The van der Waals surface area contributed by atoms with Crippen LogP contribution in [-0.4, -0.2) is 47.8 Å². The van der Waals surface area contributed by atoms with E-state index in [-0.39, 0.29) is 6.04 Å². The first-order valence-electron chi connectivity index (χ1n) is 6.77. The molecule has 0 spiro atoms. The zero-order valence-electron chi connectivity index (χ0n) is 10.2. The lowest BCUT2D eigenvalue weighted by Crippen LogP contribution is -2.53. The summed E-state index contributed by atoms with van der Waals surface area (Å²) in [5.74, 6) is 1.48. The highest BCUT2D eigenvalue weighted by Crippen LogP contribution is 2.38. The fourth-order valence-electron chi connectivity index (χ4n) is 3.48. The molecule has 4 rings (SSSR count). The van der Waals surface area contributed by atoms with Gasteiger partial charge in [-0.25, -0.2) is 10.0 Å². The van der Waals surface area contributed by atoms with Crippen molar-refractivity contribution in [2.75, 3.05) is 19.6 Å². The summed E-state index contributed by atoms with van der Waals surface area (Å²) in [5, 5.41) is 4.49. The van der Waals surface area contributed by atoms with Gasteiger partial charge in [0, 0.05) is 32.0 Å². The van der Waals surface area contributed by atoms with Crippen molar-refractivity contribution in [2.45, 2.75) is 38.1 Å². The normalized spacial score (nSPS) is 39.5. The fraction of sp³-hybridized carbons (Fsp3) is 0.846. The minimum atomic E-state index is 0.0559. The molecule has 4 fully saturated rings. The smallest absolute Gasteiger partial charge is 0.138 e. The third-order valence-corrected chi connectivity index (χ3v) is 4.57. The van der Waals surface area contributed by atoms with Gasteiger partial charge >= 0.3 is 0 Å². The molecule has 0 aromatic rings. The number of carbonyl (C=O) groups is 2. The van der Waals surface area contributed by atoms with Crippen LogP contribution >= 0.6 is 0 Å². The highest BCUT2D eigenvalue weighted by molar-refractivity contribution is 5.82. The highest BCUT2D eigenvalue weighted by atomic mass is 16.1. The molecule has 2 bridgehead atoms. The molecule has 0 unspecified atom stereocenters. The van der Waals surface area contributed by atoms with Crippen LogP contribution in [0.2, 0.25) is 0 Å². The predicted molar refractivity (Wildman–Crippen MR) is 63.2 cm³/mol. The van der Waals surface area contributed by atoms with Gasteiger partial charge in [-0.3, -0.25) is 4.79 Å². The van der Waals surface area contributed by atoms with Gasteiger partial charge in [0.25, 0.3) is 0 Å². The van der Waals surface area contributed by atoms with E-state index in [1.54, 1.807) is 0 Å². The largest absolute Gasteiger partial charge is 0.302 e. The van der Waals surface area contributed by atoms with Gasteiger partial charge in [-0.1, -0.05) is 0 Å². The second kappa shape index (κ2) is 4.50. The van der Waals surface area contributed by atoms with Gasteiger partial charge in [0.15, 0.2) is 0 Å². The Morgan fingerprint density at radius 1 is 1.24 bits per heavy atom. The number of rotatable bonds is 2. The Morgan fingerprint density at radius 2 is 2.06 bits per heavy atom. The Bertz CT molecular complexity index is 325. The van der Waals surface area contributed by atoms with E-state index in [0.29, 0.717) is 24.0 Å². The number of ketones is 1. The van der Waals surface area contributed by atoms with Crippen molar-refractivity contribution in [2.24, 2.45) is 11.8 Å². The molecule has 0 aromatic heterocycles. The molecular weight excluding hydrogens is 216 g/mol. The molecule has 94 valence electrons. The monoisotopic (exact) mass is 236 g/mol. The quantitative estimate of drug-likeness (QED) is 0.667. The van der Waals surface area contributed by atoms with Crippen LogP contribution < -0.4 is 0 Å². The van der Waals surface area contributed by atoms with Crippen molar-refractivity contribution in [3.63, 3.8) is 0 Å². The van der Waals surface area contributed by atoms with Crippen molar-refractivity contribution in [1.82, 2.24) is 10.0 Å². The highest BCUT2D eigenvalue weighted by Gasteiger charge is 2.40. The van der Waals surface area contributed by atoms with Crippen molar-refractivity contribution >= 4 is 12.1 Å². The Hall–Kier alpha value is -0.740. The van der Waals surface area contributed by atoms with Crippen LogP contribution in [0.25, 0.3) is 0 Å². The van der Waals surface area contributed by atoms with E-state index >= 15 is 0 Å². The van der Waals surface area contributed by atoms with E-state index in [4.69, 9.17) is 0 Å². The van der Waals surface area contributed by atoms with E-state index in [2.05, 4.69) is 10.0 Å². The number of hydrogen-bond acceptors (Lipinski definition) is 4. The molecule has 1 saturated carbocycles. The maximum atomic E-state index is 11.8. The number of nitrogens with zero attached hydrogens (tertiary/aromatic N) is 2. The number of Topliss-reactive ketones (excluding diaryl/α,β-unsaturated/α-hetero) is 1. The lowest BCUT2D eigenvalue weighted by Gasteiger charge is -2.44. The van der Waals surface area contributed by atoms with Crippen LogP contribution in [0.5, 0.6) is 0 Å². The first-order chi connectivity index (χ1) is 8.28. The summed E-state index contributed by atoms with van der Waals surface area (Å²) in [6.45, 7) is 2.85. The minimum Gasteiger partial charge on any atom is -0.302 e. The topological polar surface area (TPSA) is 40.6 Å². The second-order valence-electron chi connectivity index (χ2n) is 5.67. The molecule has 3 saturated heterocycles. The molecule has 1 atom stereocenters. The minimum absolute atomic E-state index is 0.0559. The summed E-state index contributed by atoms with van der Waals surface area (Å²) in [7, 11) is 0. The Kier molecular flexibility index (Phi) is 3.01.